The van der Waals surface area contributed by atoms with Gasteiger partial charge in [-0.3, -0.25) is 9.35 Å². The first-order valence-electron chi connectivity index (χ1n) is 4.50. The van der Waals surface area contributed by atoms with Crippen LogP contribution in [0, 0.1) is 13.8 Å². The van der Waals surface area contributed by atoms with Crippen molar-refractivity contribution in [2.75, 3.05) is 5.75 Å². The van der Waals surface area contributed by atoms with Crippen LogP contribution in [-0.2, 0) is 14.9 Å². The fraction of sp³-hybridized carbons (Fsp3) is 0.300. The summed E-state index contributed by atoms with van der Waals surface area (Å²) in [4.78, 5) is 11.1. The largest absolute Gasteiger partial charge is 0.426 e. The Bertz CT molecular complexity index is 484. The minimum atomic E-state index is -4.34. The Labute approximate surface area is 93.8 Å². The van der Waals surface area contributed by atoms with E-state index >= 15 is 0 Å². The van der Waals surface area contributed by atoms with Gasteiger partial charge in [-0.05, 0) is 37.1 Å². The Kier molecular flexibility index (Phi) is 3.66. The molecule has 0 saturated heterocycles. The predicted molar refractivity (Wildman–Crippen MR) is 58.0 cm³/mol. The maximum absolute atomic E-state index is 11.1. The second-order valence-electron chi connectivity index (χ2n) is 3.52. The average molecular weight is 244 g/mol. The van der Waals surface area contributed by atoms with E-state index < -0.39 is 21.8 Å². The highest BCUT2D eigenvalue weighted by atomic mass is 32.2. The van der Waals surface area contributed by atoms with Gasteiger partial charge < -0.3 is 4.74 Å². The molecular formula is C10H12O5S. The van der Waals surface area contributed by atoms with Crippen molar-refractivity contribution >= 4 is 16.1 Å². The van der Waals surface area contributed by atoms with Crippen molar-refractivity contribution in [2.24, 2.45) is 0 Å². The minimum absolute atomic E-state index is 0.270. The molecule has 0 saturated carbocycles. The highest BCUT2D eigenvalue weighted by Gasteiger charge is 2.15. The molecule has 0 bridgehead atoms. The highest BCUT2D eigenvalue weighted by molar-refractivity contribution is 7.86. The minimum Gasteiger partial charge on any atom is -0.426 e. The van der Waals surface area contributed by atoms with Gasteiger partial charge in [0.15, 0.2) is 5.75 Å². The smallest absolute Gasteiger partial charge is 0.329 e. The fourth-order valence-corrected chi connectivity index (χ4v) is 1.66. The van der Waals surface area contributed by atoms with Gasteiger partial charge in [-0.1, -0.05) is 6.07 Å². The number of rotatable bonds is 3. The van der Waals surface area contributed by atoms with Crippen LogP contribution in [-0.4, -0.2) is 24.7 Å². The number of carbonyl (C=O) groups excluding carboxylic acids is 1. The summed E-state index contributed by atoms with van der Waals surface area (Å²) in [5, 5.41) is 0. The number of carbonyl (C=O) groups is 1. The number of hydrogen-bond donors (Lipinski definition) is 1. The Morgan fingerprint density at radius 3 is 2.19 bits per heavy atom. The second-order valence-corrected chi connectivity index (χ2v) is 4.98. The van der Waals surface area contributed by atoms with Crippen LogP contribution < -0.4 is 4.74 Å². The molecule has 0 radical (unpaired) electrons. The summed E-state index contributed by atoms with van der Waals surface area (Å²) in [5.41, 5.74) is 1.80. The van der Waals surface area contributed by atoms with Crippen LogP contribution in [0.5, 0.6) is 5.75 Å². The van der Waals surface area contributed by atoms with Crippen molar-refractivity contribution in [3.63, 3.8) is 0 Å². The Hall–Kier alpha value is -1.40. The lowest BCUT2D eigenvalue weighted by Crippen LogP contribution is -2.20. The van der Waals surface area contributed by atoms with Gasteiger partial charge >= 0.3 is 5.97 Å². The lowest BCUT2D eigenvalue weighted by molar-refractivity contribution is -0.131. The van der Waals surface area contributed by atoms with Crippen molar-refractivity contribution in [2.45, 2.75) is 13.8 Å². The standard InChI is InChI=1S/C10H12O5S/c1-7-3-8(2)5-9(4-7)15-10(11)6-16(12,13)14/h3-5H,6H2,1-2H3,(H,12,13,14). The van der Waals surface area contributed by atoms with Gasteiger partial charge in [-0.15, -0.1) is 0 Å². The van der Waals surface area contributed by atoms with E-state index in [0.717, 1.165) is 11.1 Å². The first-order chi connectivity index (χ1) is 7.26. The lowest BCUT2D eigenvalue weighted by Gasteiger charge is -2.05. The van der Waals surface area contributed by atoms with Crippen LogP contribution in [0.15, 0.2) is 18.2 Å². The molecule has 0 unspecified atom stereocenters. The van der Waals surface area contributed by atoms with Crippen LogP contribution >= 0.6 is 0 Å². The van der Waals surface area contributed by atoms with Gasteiger partial charge in [0.05, 0.1) is 0 Å². The fourth-order valence-electron chi connectivity index (χ4n) is 1.30. The topological polar surface area (TPSA) is 80.7 Å². The van der Waals surface area contributed by atoms with E-state index in [9.17, 15) is 13.2 Å². The zero-order valence-electron chi connectivity index (χ0n) is 8.93. The zero-order valence-corrected chi connectivity index (χ0v) is 9.74. The molecule has 1 aromatic rings. The van der Waals surface area contributed by atoms with Crippen molar-refractivity contribution in [1.29, 1.82) is 0 Å². The van der Waals surface area contributed by atoms with Crippen LogP contribution in [0.2, 0.25) is 0 Å². The summed E-state index contributed by atoms with van der Waals surface area (Å²) in [7, 11) is -4.34. The molecule has 0 aromatic heterocycles. The van der Waals surface area contributed by atoms with E-state index in [1.54, 1.807) is 12.1 Å². The van der Waals surface area contributed by atoms with E-state index in [0.29, 0.717) is 0 Å². The molecule has 1 N–H and O–H groups in total. The maximum atomic E-state index is 11.1. The number of aryl methyl sites for hydroxylation is 2. The quantitative estimate of drug-likeness (QED) is 0.489. The third-order valence-corrected chi connectivity index (χ3v) is 2.33. The molecule has 0 aliphatic rings. The number of ether oxygens (including phenoxy) is 1. The summed E-state index contributed by atoms with van der Waals surface area (Å²) in [5.74, 6) is -1.78. The number of esters is 1. The summed E-state index contributed by atoms with van der Waals surface area (Å²) in [6.07, 6.45) is 0. The molecule has 1 rings (SSSR count). The third kappa shape index (κ3) is 4.41. The third-order valence-electron chi connectivity index (χ3n) is 1.73. The molecule has 0 heterocycles. The van der Waals surface area contributed by atoms with Crippen molar-refractivity contribution in [1.82, 2.24) is 0 Å². The molecule has 0 atom stereocenters. The molecule has 0 fully saturated rings. The van der Waals surface area contributed by atoms with Crippen LogP contribution in [0.1, 0.15) is 11.1 Å². The van der Waals surface area contributed by atoms with Crippen LogP contribution in [0.3, 0.4) is 0 Å². The molecule has 88 valence electrons. The molecule has 0 aliphatic heterocycles. The van der Waals surface area contributed by atoms with E-state index in [4.69, 9.17) is 9.29 Å². The van der Waals surface area contributed by atoms with Gasteiger partial charge in [0.2, 0.25) is 0 Å². The van der Waals surface area contributed by atoms with Crippen LogP contribution in [0.4, 0.5) is 0 Å². The normalized spacial score (nSPS) is 11.2. The number of hydrogen-bond acceptors (Lipinski definition) is 4. The van der Waals surface area contributed by atoms with Crippen LogP contribution in [0.25, 0.3) is 0 Å². The van der Waals surface area contributed by atoms with Crippen molar-refractivity contribution in [3.05, 3.63) is 29.3 Å². The van der Waals surface area contributed by atoms with E-state index in [2.05, 4.69) is 0 Å². The highest BCUT2D eigenvalue weighted by Crippen LogP contribution is 2.16. The Balaban J connectivity index is 2.77. The second kappa shape index (κ2) is 4.63. The predicted octanol–water partition coefficient (Wildman–Crippen LogP) is 1.10. The van der Waals surface area contributed by atoms with Gasteiger partial charge in [0.1, 0.15) is 5.75 Å². The maximum Gasteiger partial charge on any atom is 0.329 e. The first-order valence-corrected chi connectivity index (χ1v) is 6.11. The lowest BCUT2D eigenvalue weighted by atomic mass is 10.1. The zero-order chi connectivity index (χ0) is 12.3. The van der Waals surface area contributed by atoms with Gasteiger partial charge in [0.25, 0.3) is 10.1 Å². The summed E-state index contributed by atoms with van der Waals surface area (Å²) in [6.45, 7) is 3.65. The van der Waals surface area contributed by atoms with E-state index in [1.807, 2.05) is 19.9 Å². The molecule has 0 spiro atoms. The average Bonchev–Trinajstić information content (AvgIpc) is 1.96. The molecule has 0 aliphatic carbocycles. The summed E-state index contributed by atoms with van der Waals surface area (Å²) in [6, 6.07) is 5.10. The van der Waals surface area contributed by atoms with Gasteiger partial charge in [-0.2, -0.15) is 8.42 Å². The van der Waals surface area contributed by atoms with E-state index in [1.165, 1.54) is 0 Å². The molecule has 16 heavy (non-hydrogen) atoms. The molecule has 6 heteroatoms. The van der Waals surface area contributed by atoms with E-state index in [-0.39, 0.29) is 5.75 Å². The molecule has 0 amide bonds. The van der Waals surface area contributed by atoms with Gasteiger partial charge in [-0.25, -0.2) is 0 Å². The molecule has 1 aromatic carbocycles. The molecular weight excluding hydrogens is 232 g/mol. The molecule has 5 nitrogen and oxygen atoms in total. The Morgan fingerprint density at radius 2 is 1.75 bits per heavy atom. The summed E-state index contributed by atoms with van der Waals surface area (Å²) < 4.78 is 34.1. The summed E-state index contributed by atoms with van der Waals surface area (Å²) >= 11 is 0. The first kappa shape index (κ1) is 12.7. The Morgan fingerprint density at radius 1 is 1.25 bits per heavy atom. The van der Waals surface area contributed by atoms with Crippen molar-refractivity contribution < 1.29 is 22.5 Å². The monoisotopic (exact) mass is 244 g/mol. The van der Waals surface area contributed by atoms with Crippen molar-refractivity contribution in [3.8, 4) is 5.75 Å². The number of benzene rings is 1. The SMILES string of the molecule is Cc1cc(C)cc(OC(=O)CS(=O)(=O)O)c1. The van der Waals surface area contributed by atoms with Gasteiger partial charge in [0, 0.05) is 0 Å².